The van der Waals surface area contributed by atoms with E-state index in [1.165, 1.54) is 13.8 Å². The van der Waals surface area contributed by atoms with Gasteiger partial charge in [-0.3, -0.25) is 0 Å². The van der Waals surface area contributed by atoms with Gasteiger partial charge in [0.25, 0.3) is 0 Å². The van der Waals surface area contributed by atoms with Gasteiger partial charge in [0.1, 0.15) is 5.60 Å². The molecule has 0 amide bonds. The van der Waals surface area contributed by atoms with E-state index in [0.29, 0.717) is 12.8 Å². The number of hydrogen-bond donors (Lipinski definition) is 0. The molecule has 300 valence electrons. The second-order valence-electron chi connectivity index (χ2n) is 14.3. The third-order valence-corrected chi connectivity index (χ3v) is 11.4. The van der Waals surface area contributed by atoms with Crippen molar-refractivity contribution in [3.05, 3.63) is 104 Å². The van der Waals surface area contributed by atoms with Crippen LogP contribution in [0.25, 0.3) is 0 Å². The summed E-state index contributed by atoms with van der Waals surface area (Å²) in [6, 6.07) is 0. The molecule has 4 aliphatic heterocycles. The van der Waals surface area contributed by atoms with Crippen LogP contribution in [0, 0.1) is 111 Å². The predicted octanol–water partition coefficient (Wildman–Crippen LogP) is 9.48. The van der Waals surface area contributed by atoms with Crippen molar-refractivity contribution in [2.45, 2.75) is 82.4 Å². The Balaban J connectivity index is 1.57. The van der Waals surface area contributed by atoms with Crippen LogP contribution in [0.1, 0.15) is 63.1 Å². The number of fused-ring (bicyclic) bond motifs is 2. The summed E-state index contributed by atoms with van der Waals surface area (Å²) in [6.07, 6.45) is -5.62. The molecule has 0 aromatic heterocycles. The zero-order chi connectivity index (χ0) is 40.4. The predicted molar refractivity (Wildman–Crippen MR) is 151 cm³/mol. The lowest BCUT2D eigenvalue weighted by Gasteiger charge is -2.60. The van der Waals surface area contributed by atoms with Crippen molar-refractivity contribution in [3.8, 4) is 0 Å². The molecule has 1 saturated carbocycles. The van der Waals surface area contributed by atoms with Gasteiger partial charge in [-0.15, -0.1) is 0 Å². The van der Waals surface area contributed by atoms with Gasteiger partial charge in [0.2, 0.25) is 23.2 Å². The maximum absolute atomic E-state index is 16.0. The maximum atomic E-state index is 16.0. The molecule has 4 saturated heterocycles. The van der Waals surface area contributed by atoms with Crippen LogP contribution in [-0.2, 0) is 36.0 Å². The normalized spacial score (nSPS) is 30.4. The van der Waals surface area contributed by atoms with Gasteiger partial charge in [0.05, 0.1) is 11.1 Å². The van der Waals surface area contributed by atoms with Crippen LogP contribution >= 0.6 is 0 Å². The maximum Gasteiger partial charge on any atom is 0.201 e. The molecule has 8 atom stereocenters. The van der Waals surface area contributed by atoms with Crippen molar-refractivity contribution in [1.29, 1.82) is 0 Å². The van der Waals surface area contributed by atoms with Gasteiger partial charge < -0.3 is 14.2 Å². The lowest BCUT2D eigenvalue weighted by Crippen LogP contribution is -2.71. The van der Waals surface area contributed by atoms with Gasteiger partial charge in [-0.2, -0.15) is 0 Å². The van der Waals surface area contributed by atoms with E-state index in [1.807, 2.05) is 6.92 Å². The largest absolute Gasteiger partial charge is 0.336 e. The van der Waals surface area contributed by atoms with E-state index in [4.69, 9.17) is 24.0 Å². The number of halogens is 15. The molecule has 4 heterocycles. The van der Waals surface area contributed by atoms with Crippen LogP contribution in [0.2, 0.25) is 0 Å². The van der Waals surface area contributed by atoms with Gasteiger partial charge in [0.15, 0.2) is 88.0 Å². The lowest BCUT2D eigenvalue weighted by atomic mass is 9.58. The average Bonchev–Trinajstić information content (AvgIpc) is 3.39. The monoisotopic (exact) mass is 810 g/mol. The zero-order valence-electron chi connectivity index (χ0n) is 28.2. The molecule has 55 heavy (non-hydrogen) atoms. The average molecular weight is 811 g/mol. The highest BCUT2D eigenvalue weighted by Crippen LogP contribution is 2.61. The van der Waals surface area contributed by atoms with E-state index in [-0.39, 0.29) is 18.8 Å². The molecule has 5 fully saturated rings. The summed E-state index contributed by atoms with van der Waals surface area (Å²) in [4.78, 5) is 11.5. The summed E-state index contributed by atoms with van der Waals surface area (Å²) in [5, 5.41) is 0. The van der Waals surface area contributed by atoms with E-state index >= 15 is 43.9 Å². The van der Waals surface area contributed by atoms with Crippen LogP contribution in [0.5, 0.6) is 0 Å². The Labute approximate surface area is 300 Å². The molecule has 1 spiro atoms. The smallest absolute Gasteiger partial charge is 0.201 e. The van der Waals surface area contributed by atoms with E-state index in [9.17, 15) is 22.0 Å². The van der Waals surface area contributed by atoms with Gasteiger partial charge in [-0.1, -0.05) is 13.8 Å². The second kappa shape index (κ2) is 13.2. The summed E-state index contributed by atoms with van der Waals surface area (Å²) in [5.74, 6) is -48.9. The third kappa shape index (κ3) is 5.44. The summed E-state index contributed by atoms with van der Waals surface area (Å²) in [7, 11) is 0. The molecule has 0 radical (unpaired) electrons. The van der Waals surface area contributed by atoms with Crippen LogP contribution in [-0.4, -0.2) is 24.0 Å². The van der Waals surface area contributed by atoms with Crippen LogP contribution in [0.15, 0.2) is 0 Å². The van der Waals surface area contributed by atoms with Crippen molar-refractivity contribution in [2.24, 2.45) is 23.7 Å². The molecule has 1 aliphatic carbocycles. The minimum Gasteiger partial charge on any atom is -0.336 e. The number of ether oxygens (including phenoxy) is 3. The van der Waals surface area contributed by atoms with Crippen molar-refractivity contribution >= 4 is 0 Å². The van der Waals surface area contributed by atoms with E-state index in [0.717, 1.165) is 0 Å². The summed E-state index contributed by atoms with van der Waals surface area (Å²) < 4.78 is 245. The van der Waals surface area contributed by atoms with Gasteiger partial charge in [0, 0.05) is 30.2 Å². The molecule has 3 aromatic carbocycles. The third-order valence-electron chi connectivity index (χ3n) is 11.4. The molecule has 8 rings (SSSR count). The highest BCUT2D eigenvalue weighted by Gasteiger charge is 2.70. The van der Waals surface area contributed by atoms with Crippen molar-refractivity contribution < 1.29 is 89.8 Å². The summed E-state index contributed by atoms with van der Waals surface area (Å²) in [6.45, 7) is 4.48. The second-order valence-corrected chi connectivity index (χ2v) is 14.3. The first-order valence-corrected chi connectivity index (χ1v) is 16.6. The number of rotatable bonds is 6. The molecule has 5 nitrogen and oxygen atoms in total. The Bertz CT molecular complexity index is 1960. The molecule has 2 bridgehead atoms. The minimum absolute atomic E-state index is 0.123. The Hall–Kier alpha value is -3.59. The Morgan fingerprint density at radius 3 is 1.47 bits per heavy atom. The molecule has 5 aliphatic rings. The number of benzene rings is 3. The summed E-state index contributed by atoms with van der Waals surface area (Å²) >= 11 is 0. The van der Waals surface area contributed by atoms with Crippen molar-refractivity contribution in [1.82, 2.24) is 0 Å². The molecule has 0 N–H and O–H groups in total. The Morgan fingerprint density at radius 1 is 0.564 bits per heavy atom. The fourth-order valence-electron chi connectivity index (χ4n) is 8.64. The first-order valence-electron chi connectivity index (χ1n) is 16.6. The molecule has 1 unspecified atom stereocenters. The van der Waals surface area contributed by atoms with Crippen LogP contribution in [0.3, 0.4) is 0 Å². The van der Waals surface area contributed by atoms with Gasteiger partial charge in [-0.25, -0.2) is 75.6 Å². The molecule has 20 heteroatoms. The highest BCUT2D eigenvalue weighted by atomic mass is 19.2. The molecular weight excluding hydrogens is 785 g/mol. The van der Waals surface area contributed by atoms with E-state index < -0.39 is 158 Å². The topological polar surface area (TPSA) is 46.2 Å². The Kier molecular flexibility index (Phi) is 9.54. The quantitative estimate of drug-likeness (QED) is 0.108. The first-order chi connectivity index (χ1) is 25.6. The van der Waals surface area contributed by atoms with Crippen molar-refractivity contribution in [3.63, 3.8) is 0 Å². The van der Waals surface area contributed by atoms with E-state index in [2.05, 4.69) is 0 Å². The fraction of sp³-hybridized carbons (Fsp3) is 0.486. The van der Waals surface area contributed by atoms with E-state index in [1.54, 1.807) is 0 Å². The minimum atomic E-state index is -4.62. The summed E-state index contributed by atoms with van der Waals surface area (Å²) in [5.41, 5.74) is -13.8. The van der Waals surface area contributed by atoms with Gasteiger partial charge >= 0.3 is 0 Å². The fourth-order valence-corrected chi connectivity index (χ4v) is 8.64. The van der Waals surface area contributed by atoms with Crippen LogP contribution in [0.4, 0.5) is 65.9 Å². The van der Waals surface area contributed by atoms with Crippen LogP contribution < -0.4 is 0 Å². The SMILES string of the molecule is C[C@@H]1CC[C@H]2[C@@H](C)C(OC(Cc3c(F)c(F)c(F)c(F)c3F)(c3c(F)c(F)c(F)c(F)c3F)c3c(F)c(F)c(F)c(F)c3F)O[C@@H]3O[C@]4(C)CC[C@@H]1[C@]32OO4. The number of hydrogen-bond acceptors (Lipinski definition) is 5. The zero-order valence-corrected chi connectivity index (χ0v) is 28.2. The Morgan fingerprint density at radius 2 is 1.00 bits per heavy atom. The van der Waals surface area contributed by atoms with Crippen molar-refractivity contribution in [2.75, 3.05) is 0 Å². The van der Waals surface area contributed by atoms with Gasteiger partial charge in [-0.05, 0) is 38.0 Å². The lowest BCUT2D eigenvalue weighted by molar-refractivity contribution is -0.578. The first kappa shape index (κ1) is 39.6. The standard InChI is InChI=1S/C35H25F15O5/c1-9-4-5-13-10(2)31(51-32-35(13)12(9)6-7-33(3,53-32)54-55-35)52-34(14-18(38)24(44)29(49)25(45)19(14)39,15-20(40)26(46)30(50)27(47)21(15)41)8-11-16(36)22(42)28(48)23(43)17(11)37/h9-10,12-13,31-32H,4-8H2,1-3H3/t9-,10-,12+,13+,31?,32-,33+,35-/m1/s1. The molecular formula is C35H25F15O5. The highest BCUT2D eigenvalue weighted by molar-refractivity contribution is 5.45. The molecule has 3 aromatic rings.